The van der Waals surface area contributed by atoms with Crippen LogP contribution in [0.5, 0.6) is 11.5 Å². The summed E-state index contributed by atoms with van der Waals surface area (Å²) in [6, 6.07) is 10.3. The molecule has 1 aliphatic rings. The first-order valence-corrected chi connectivity index (χ1v) is 9.80. The molecule has 0 saturated carbocycles. The lowest BCUT2D eigenvalue weighted by Gasteiger charge is -2.32. The molecule has 160 valence electrons. The third-order valence-corrected chi connectivity index (χ3v) is 5.68. The lowest BCUT2D eigenvalue weighted by molar-refractivity contribution is -0.384. The molecule has 30 heavy (non-hydrogen) atoms. The second-order valence-corrected chi connectivity index (χ2v) is 7.48. The van der Waals surface area contributed by atoms with E-state index < -0.39 is 4.92 Å². The van der Waals surface area contributed by atoms with Gasteiger partial charge in [0.15, 0.2) is 11.5 Å². The average Bonchev–Trinajstić information content (AvgIpc) is 2.76. The Bertz CT molecular complexity index is 946. The zero-order valence-electron chi connectivity index (χ0n) is 17.8. The average molecular weight is 413 g/mol. The highest BCUT2D eigenvalue weighted by Crippen LogP contribution is 2.33. The van der Waals surface area contributed by atoms with Crippen molar-refractivity contribution in [3.8, 4) is 11.5 Å². The van der Waals surface area contributed by atoms with Crippen LogP contribution in [0, 0.1) is 10.1 Å². The molecule has 8 nitrogen and oxygen atoms in total. The molecule has 1 aliphatic heterocycles. The fourth-order valence-corrected chi connectivity index (χ4v) is 3.70. The number of hydrogen-bond acceptors (Lipinski definition) is 6. The van der Waals surface area contributed by atoms with E-state index in [9.17, 15) is 14.9 Å². The Balaban J connectivity index is 1.68. The van der Waals surface area contributed by atoms with Gasteiger partial charge < -0.3 is 14.4 Å². The van der Waals surface area contributed by atoms with Crippen LogP contribution in [0.25, 0.3) is 0 Å². The van der Waals surface area contributed by atoms with Crippen molar-refractivity contribution in [1.29, 1.82) is 0 Å². The van der Waals surface area contributed by atoms with E-state index in [4.69, 9.17) is 9.47 Å². The number of rotatable bonds is 7. The van der Waals surface area contributed by atoms with Gasteiger partial charge in [0.2, 0.25) is 5.91 Å². The lowest BCUT2D eigenvalue weighted by atomic mass is 9.98. The Kier molecular flexibility index (Phi) is 6.56. The summed E-state index contributed by atoms with van der Waals surface area (Å²) in [5.41, 5.74) is 3.08. The molecular formula is C22H27N3O5. The number of fused-ring (bicyclic) bond motifs is 1. The molecule has 0 bridgehead atoms. The van der Waals surface area contributed by atoms with Gasteiger partial charge >= 0.3 is 0 Å². The second kappa shape index (κ2) is 9.13. The van der Waals surface area contributed by atoms with Crippen LogP contribution in [0.15, 0.2) is 36.4 Å². The summed E-state index contributed by atoms with van der Waals surface area (Å²) >= 11 is 0. The monoisotopic (exact) mass is 413 g/mol. The Hall–Kier alpha value is -3.13. The van der Waals surface area contributed by atoms with E-state index in [1.807, 2.05) is 42.0 Å². The number of methoxy groups -OCH3 is 2. The summed E-state index contributed by atoms with van der Waals surface area (Å²) < 4.78 is 10.8. The lowest BCUT2D eigenvalue weighted by Crippen LogP contribution is -2.42. The summed E-state index contributed by atoms with van der Waals surface area (Å²) in [5.74, 6) is 1.37. The van der Waals surface area contributed by atoms with Crippen molar-refractivity contribution in [2.75, 3.05) is 34.4 Å². The van der Waals surface area contributed by atoms with Crippen LogP contribution in [0.1, 0.15) is 29.7 Å². The Morgan fingerprint density at radius 2 is 1.87 bits per heavy atom. The highest BCUT2D eigenvalue weighted by molar-refractivity contribution is 5.78. The molecule has 1 heterocycles. The minimum Gasteiger partial charge on any atom is -0.493 e. The second-order valence-electron chi connectivity index (χ2n) is 7.48. The first-order chi connectivity index (χ1) is 14.3. The third-order valence-electron chi connectivity index (χ3n) is 5.68. The van der Waals surface area contributed by atoms with Crippen LogP contribution in [0.4, 0.5) is 5.69 Å². The summed E-state index contributed by atoms with van der Waals surface area (Å²) in [7, 11) is 5.06. The number of ether oxygens (including phenoxy) is 2. The van der Waals surface area contributed by atoms with E-state index in [0.717, 1.165) is 23.1 Å². The molecule has 0 spiro atoms. The first-order valence-electron chi connectivity index (χ1n) is 9.80. The van der Waals surface area contributed by atoms with Gasteiger partial charge in [-0.15, -0.1) is 0 Å². The van der Waals surface area contributed by atoms with Crippen LogP contribution < -0.4 is 9.47 Å². The molecule has 0 N–H and O–H groups in total. The van der Waals surface area contributed by atoms with Crippen LogP contribution in [0.2, 0.25) is 0 Å². The Morgan fingerprint density at radius 1 is 1.20 bits per heavy atom. The van der Waals surface area contributed by atoms with Gasteiger partial charge in [-0.2, -0.15) is 0 Å². The molecule has 1 unspecified atom stereocenters. The normalized spacial score (nSPS) is 14.2. The molecule has 0 aliphatic carbocycles. The number of nitro groups is 1. The van der Waals surface area contributed by atoms with Crippen molar-refractivity contribution in [2.45, 2.75) is 25.9 Å². The van der Waals surface area contributed by atoms with Crippen molar-refractivity contribution in [1.82, 2.24) is 9.80 Å². The van der Waals surface area contributed by atoms with Gasteiger partial charge in [-0.05, 0) is 49.2 Å². The molecule has 2 aromatic rings. The maximum atomic E-state index is 12.9. The zero-order valence-corrected chi connectivity index (χ0v) is 17.8. The van der Waals surface area contributed by atoms with Crippen molar-refractivity contribution in [3.05, 3.63) is 63.2 Å². The summed E-state index contributed by atoms with van der Waals surface area (Å²) in [5, 5.41) is 11.0. The number of nitrogens with zero attached hydrogens (tertiary/aromatic N) is 3. The largest absolute Gasteiger partial charge is 0.493 e. The van der Waals surface area contributed by atoms with Gasteiger partial charge in [0.05, 0.1) is 25.7 Å². The molecule has 8 heteroatoms. The van der Waals surface area contributed by atoms with E-state index in [1.54, 1.807) is 26.4 Å². The number of carbonyl (C=O) groups is 1. The van der Waals surface area contributed by atoms with Crippen molar-refractivity contribution < 1.29 is 19.2 Å². The fourth-order valence-electron chi connectivity index (χ4n) is 3.70. The molecule has 3 rings (SSSR count). The highest BCUT2D eigenvalue weighted by atomic mass is 16.6. The molecule has 0 fully saturated rings. The molecule has 0 saturated heterocycles. The van der Waals surface area contributed by atoms with Crippen LogP contribution in [-0.2, 0) is 17.8 Å². The maximum absolute atomic E-state index is 12.9. The molecule has 0 aromatic heterocycles. The third kappa shape index (κ3) is 4.54. The smallest absolute Gasteiger partial charge is 0.269 e. The zero-order chi connectivity index (χ0) is 21.8. The quantitative estimate of drug-likeness (QED) is 0.512. The number of carbonyl (C=O) groups excluding carboxylic acids is 1. The molecule has 2 aromatic carbocycles. The minimum absolute atomic E-state index is 0.0233. The standard InChI is InChI=1S/C22H27N3O5/c1-15(16-6-5-7-19(10-16)25(27)28)23(2)14-22(26)24-9-8-17-11-20(29-3)21(30-4)12-18(17)13-24/h5-7,10-12,15H,8-9,13-14H2,1-4H3. The predicted octanol–water partition coefficient (Wildman–Crippen LogP) is 3.19. The molecular weight excluding hydrogens is 386 g/mol. The Labute approximate surface area is 176 Å². The summed E-state index contributed by atoms with van der Waals surface area (Å²) in [6.45, 7) is 3.33. The fraction of sp³-hybridized carbons (Fsp3) is 0.409. The molecule has 1 amide bonds. The van der Waals surface area contributed by atoms with Gasteiger partial charge in [-0.3, -0.25) is 19.8 Å². The maximum Gasteiger partial charge on any atom is 0.269 e. The van der Waals surface area contributed by atoms with E-state index in [1.165, 1.54) is 6.07 Å². The van der Waals surface area contributed by atoms with Crippen molar-refractivity contribution in [2.24, 2.45) is 0 Å². The number of amides is 1. The van der Waals surface area contributed by atoms with E-state index in [2.05, 4.69) is 0 Å². The predicted molar refractivity (Wildman–Crippen MR) is 113 cm³/mol. The van der Waals surface area contributed by atoms with Gasteiger partial charge in [0.1, 0.15) is 0 Å². The van der Waals surface area contributed by atoms with Gasteiger partial charge in [-0.25, -0.2) is 0 Å². The number of nitro benzene ring substituents is 1. The number of non-ortho nitro benzene ring substituents is 1. The number of likely N-dealkylation sites (N-methyl/N-ethyl adjacent to an activating group) is 1. The Morgan fingerprint density at radius 3 is 2.50 bits per heavy atom. The minimum atomic E-state index is -0.407. The summed E-state index contributed by atoms with van der Waals surface area (Å²) in [6.07, 6.45) is 0.756. The molecule has 0 radical (unpaired) electrons. The van der Waals surface area contributed by atoms with Crippen molar-refractivity contribution in [3.63, 3.8) is 0 Å². The topological polar surface area (TPSA) is 85.2 Å². The number of benzene rings is 2. The summed E-state index contributed by atoms with van der Waals surface area (Å²) in [4.78, 5) is 27.3. The number of hydrogen-bond donors (Lipinski definition) is 0. The van der Waals surface area contributed by atoms with Crippen LogP contribution in [-0.4, -0.2) is 55.0 Å². The SMILES string of the molecule is COc1cc2c(cc1OC)CN(C(=O)CN(C)C(C)c1cccc([N+](=O)[O-])c1)CC2. The van der Waals surface area contributed by atoms with Gasteiger partial charge in [0.25, 0.3) is 5.69 Å². The van der Waals surface area contributed by atoms with Crippen LogP contribution >= 0.6 is 0 Å². The van der Waals surface area contributed by atoms with Gasteiger partial charge in [-0.1, -0.05) is 12.1 Å². The van der Waals surface area contributed by atoms with Crippen LogP contribution in [0.3, 0.4) is 0 Å². The van der Waals surface area contributed by atoms with E-state index >= 15 is 0 Å². The highest BCUT2D eigenvalue weighted by Gasteiger charge is 2.25. The van der Waals surface area contributed by atoms with Gasteiger partial charge in [0, 0.05) is 31.3 Å². The first kappa shape index (κ1) is 21.6. The molecule has 1 atom stereocenters. The van der Waals surface area contributed by atoms with Crippen molar-refractivity contribution >= 4 is 11.6 Å². The van der Waals surface area contributed by atoms with E-state index in [-0.39, 0.29) is 24.2 Å². The van der Waals surface area contributed by atoms with E-state index in [0.29, 0.717) is 24.6 Å².